The lowest BCUT2D eigenvalue weighted by Crippen LogP contribution is -2.11. The molecule has 120 valence electrons. The predicted octanol–water partition coefficient (Wildman–Crippen LogP) is 3.93. The van der Waals surface area contributed by atoms with Crippen LogP contribution >= 0.6 is 0 Å². The monoisotopic (exact) mass is 318 g/mol. The Morgan fingerprint density at radius 2 is 1.71 bits per heavy atom. The third-order valence-corrected chi connectivity index (χ3v) is 3.70. The molecule has 1 N–H and O–H groups in total. The highest BCUT2D eigenvalue weighted by Gasteiger charge is 2.07. The third-order valence-electron chi connectivity index (χ3n) is 3.70. The smallest absolute Gasteiger partial charge is 0.255 e. The Balaban J connectivity index is 1.66. The summed E-state index contributed by atoms with van der Waals surface area (Å²) in [4.78, 5) is 16.3. The quantitative estimate of drug-likeness (QED) is 0.775. The first kappa shape index (κ1) is 15.7. The molecular weight excluding hydrogens is 300 g/mol. The van der Waals surface area contributed by atoms with Crippen LogP contribution in [0, 0.1) is 0 Å². The fourth-order valence-electron chi connectivity index (χ4n) is 2.41. The Bertz CT molecular complexity index is 815. The molecule has 0 atom stereocenters. The summed E-state index contributed by atoms with van der Waals surface area (Å²) in [6.07, 6.45) is 4.42. The van der Waals surface area contributed by atoms with Crippen LogP contribution in [0.2, 0.25) is 0 Å². The molecule has 2 aromatic carbocycles. The zero-order valence-electron chi connectivity index (χ0n) is 13.4. The van der Waals surface area contributed by atoms with Crippen molar-refractivity contribution in [1.82, 2.24) is 4.98 Å². The second-order valence-corrected chi connectivity index (χ2v) is 5.42. The van der Waals surface area contributed by atoms with Gasteiger partial charge in [0.1, 0.15) is 5.75 Å². The highest BCUT2D eigenvalue weighted by Crippen LogP contribution is 2.16. The van der Waals surface area contributed by atoms with Crippen molar-refractivity contribution in [3.63, 3.8) is 0 Å². The first-order valence-corrected chi connectivity index (χ1v) is 7.68. The predicted molar refractivity (Wildman–Crippen MR) is 94.4 cm³/mol. The zero-order chi connectivity index (χ0) is 16.8. The molecule has 0 saturated heterocycles. The Morgan fingerprint density at radius 3 is 2.42 bits per heavy atom. The van der Waals surface area contributed by atoms with E-state index in [-0.39, 0.29) is 5.91 Å². The van der Waals surface area contributed by atoms with Crippen LogP contribution in [-0.4, -0.2) is 18.0 Å². The fraction of sp³-hybridized carbons (Fsp3) is 0.100. The number of aromatic nitrogens is 1. The summed E-state index contributed by atoms with van der Waals surface area (Å²) in [5.41, 5.74) is 3.72. The van der Waals surface area contributed by atoms with Crippen molar-refractivity contribution in [2.75, 3.05) is 12.4 Å². The van der Waals surface area contributed by atoms with Gasteiger partial charge in [-0.25, -0.2) is 0 Å². The minimum atomic E-state index is -0.157. The molecule has 0 radical (unpaired) electrons. The number of nitrogens with one attached hydrogen (secondary N) is 1. The average molecular weight is 318 g/mol. The number of amides is 1. The summed E-state index contributed by atoms with van der Waals surface area (Å²) in [6, 6.07) is 18.9. The molecule has 0 aliphatic heterocycles. The molecule has 0 saturated carbocycles. The standard InChI is InChI=1S/C20H18N2O2/c1-24-19-4-2-3-17(14-19)20(23)22-18-7-5-15(6-8-18)13-16-9-11-21-12-10-16/h2-12,14H,13H2,1H3,(H,22,23). The van der Waals surface area contributed by atoms with E-state index in [2.05, 4.69) is 10.3 Å². The van der Waals surface area contributed by atoms with Gasteiger partial charge in [0.25, 0.3) is 5.91 Å². The lowest BCUT2D eigenvalue weighted by atomic mass is 10.1. The van der Waals surface area contributed by atoms with Crippen molar-refractivity contribution in [2.24, 2.45) is 0 Å². The van der Waals surface area contributed by atoms with Crippen molar-refractivity contribution in [3.8, 4) is 5.75 Å². The summed E-state index contributed by atoms with van der Waals surface area (Å²) < 4.78 is 5.14. The lowest BCUT2D eigenvalue weighted by molar-refractivity contribution is 0.102. The fourth-order valence-corrected chi connectivity index (χ4v) is 2.41. The number of benzene rings is 2. The van der Waals surface area contributed by atoms with E-state index >= 15 is 0 Å². The minimum absolute atomic E-state index is 0.157. The first-order chi connectivity index (χ1) is 11.7. The van der Waals surface area contributed by atoms with Crippen LogP contribution in [-0.2, 0) is 6.42 Å². The molecule has 0 bridgehead atoms. The summed E-state index contributed by atoms with van der Waals surface area (Å²) >= 11 is 0. The number of hydrogen-bond acceptors (Lipinski definition) is 3. The number of rotatable bonds is 5. The van der Waals surface area contributed by atoms with E-state index in [1.165, 1.54) is 11.1 Å². The molecule has 0 aliphatic carbocycles. The van der Waals surface area contributed by atoms with Gasteiger partial charge in [0.15, 0.2) is 0 Å². The summed E-state index contributed by atoms with van der Waals surface area (Å²) in [6.45, 7) is 0. The molecule has 4 heteroatoms. The van der Waals surface area contributed by atoms with Gasteiger partial charge in [0.2, 0.25) is 0 Å². The van der Waals surface area contributed by atoms with Crippen LogP contribution in [0.15, 0.2) is 73.1 Å². The molecule has 0 fully saturated rings. The van der Waals surface area contributed by atoms with E-state index in [9.17, 15) is 4.79 Å². The number of carbonyl (C=O) groups is 1. The molecule has 0 unspecified atom stereocenters. The average Bonchev–Trinajstić information content (AvgIpc) is 2.64. The maximum absolute atomic E-state index is 12.3. The van der Waals surface area contributed by atoms with Gasteiger partial charge in [-0.1, -0.05) is 18.2 Å². The topological polar surface area (TPSA) is 51.2 Å². The zero-order valence-corrected chi connectivity index (χ0v) is 13.4. The Labute approximate surface area is 141 Å². The van der Waals surface area contributed by atoms with E-state index in [1.807, 2.05) is 42.5 Å². The SMILES string of the molecule is COc1cccc(C(=O)Nc2ccc(Cc3ccncc3)cc2)c1. The van der Waals surface area contributed by atoms with Gasteiger partial charge in [-0.3, -0.25) is 9.78 Å². The van der Waals surface area contributed by atoms with Crippen molar-refractivity contribution in [1.29, 1.82) is 0 Å². The van der Waals surface area contributed by atoms with Crippen molar-refractivity contribution >= 4 is 11.6 Å². The number of ether oxygens (including phenoxy) is 1. The molecule has 0 aliphatic rings. The van der Waals surface area contributed by atoms with Crippen LogP contribution in [0.25, 0.3) is 0 Å². The highest BCUT2D eigenvalue weighted by atomic mass is 16.5. The van der Waals surface area contributed by atoms with Gasteiger partial charge in [-0.2, -0.15) is 0 Å². The number of nitrogens with zero attached hydrogens (tertiary/aromatic N) is 1. The van der Waals surface area contributed by atoms with Gasteiger partial charge in [-0.05, 0) is 60.0 Å². The van der Waals surface area contributed by atoms with E-state index in [1.54, 1.807) is 37.7 Å². The van der Waals surface area contributed by atoms with Gasteiger partial charge < -0.3 is 10.1 Å². The molecule has 1 heterocycles. The minimum Gasteiger partial charge on any atom is -0.497 e. The van der Waals surface area contributed by atoms with Crippen LogP contribution in [0.5, 0.6) is 5.75 Å². The van der Waals surface area contributed by atoms with Crippen molar-refractivity contribution < 1.29 is 9.53 Å². The van der Waals surface area contributed by atoms with Crippen molar-refractivity contribution in [3.05, 3.63) is 89.7 Å². The van der Waals surface area contributed by atoms with E-state index < -0.39 is 0 Å². The van der Waals surface area contributed by atoms with E-state index in [4.69, 9.17) is 4.74 Å². The molecule has 0 spiro atoms. The third kappa shape index (κ3) is 3.98. The van der Waals surface area contributed by atoms with E-state index in [0.29, 0.717) is 11.3 Å². The van der Waals surface area contributed by atoms with Gasteiger partial charge in [0, 0.05) is 23.6 Å². The Kier molecular flexibility index (Phi) is 4.87. The Hall–Kier alpha value is -3.14. The number of anilines is 1. The van der Waals surface area contributed by atoms with Gasteiger partial charge in [-0.15, -0.1) is 0 Å². The molecule has 4 nitrogen and oxygen atoms in total. The van der Waals surface area contributed by atoms with Crippen LogP contribution in [0.3, 0.4) is 0 Å². The Morgan fingerprint density at radius 1 is 1.00 bits per heavy atom. The molecule has 3 aromatic rings. The van der Waals surface area contributed by atoms with Crippen molar-refractivity contribution in [2.45, 2.75) is 6.42 Å². The number of pyridine rings is 1. The normalized spacial score (nSPS) is 10.2. The number of methoxy groups -OCH3 is 1. The first-order valence-electron chi connectivity index (χ1n) is 7.68. The summed E-state index contributed by atoms with van der Waals surface area (Å²) in [7, 11) is 1.58. The molecule has 24 heavy (non-hydrogen) atoms. The summed E-state index contributed by atoms with van der Waals surface area (Å²) in [5, 5.41) is 2.90. The van der Waals surface area contributed by atoms with Crippen LogP contribution in [0.1, 0.15) is 21.5 Å². The summed E-state index contributed by atoms with van der Waals surface area (Å²) in [5.74, 6) is 0.506. The maximum atomic E-state index is 12.3. The number of carbonyl (C=O) groups excluding carboxylic acids is 1. The van der Waals surface area contributed by atoms with E-state index in [0.717, 1.165) is 12.1 Å². The molecule has 1 aromatic heterocycles. The second-order valence-electron chi connectivity index (χ2n) is 5.42. The van der Waals surface area contributed by atoms with Gasteiger partial charge >= 0.3 is 0 Å². The maximum Gasteiger partial charge on any atom is 0.255 e. The largest absolute Gasteiger partial charge is 0.497 e. The molecular formula is C20H18N2O2. The highest BCUT2D eigenvalue weighted by molar-refractivity contribution is 6.04. The van der Waals surface area contributed by atoms with Gasteiger partial charge in [0.05, 0.1) is 7.11 Å². The molecule has 1 amide bonds. The number of hydrogen-bond donors (Lipinski definition) is 1. The lowest BCUT2D eigenvalue weighted by Gasteiger charge is -2.08. The molecule has 3 rings (SSSR count). The van der Waals surface area contributed by atoms with Crippen LogP contribution in [0.4, 0.5) is 5.69 Å². The van der Waals surface area contributed by atoms with Crippen LogP contribution < -0.4 is 10.1 Å². The second kappa shape index (κ2) is 7.42.